The molecule has 3 aromatic rings. The van der Waals surface area contributed by atoms with Gasteiger partial charge >= 0.3 is 0 Å². The Bertz CT molecular complexity index is 1170. The van der Waals surface area contributed by atoms with Crippen molar-refractivity contribution in [3.05, 3.63) is 77.5 Å². The second-order valence-electron chi connectivity index (χ2n) is 7.91. The fraction of sp³-hybridized carbons (Fsp3) is 0.348. The van der Waals surface area contributed by atoms with Gasteiger partial charge in [0.25, 0.3) is 10.0 Å². The second-order valence-corrected chi connectivity index (χ2v) is 9.62. The van der Waals surface area contributed by atoms with Crippen molar-refractivity contribution in [3.8, 4) is 5.75 Å². The maximum absolute atomic E-state index is 14.7. The lowest BCUT2D eigenvalue weighted by Gasteiger charge is -2.20. The van der Waals surface area contributed by atoms with Gasteiger partial charge in [-0.2, -0.15) is 0 Å². The number of benzene rings is 2. The van der Waals surface area contributed by atoms with Crippen LogP contribution in [-0.2, 0) is 29.9 Å². The molecule has 1 aromatic heterocycles. The Morgan fingerprint density at radius 2 is 2.09 bits per heavy atom. The molecule has 0 fully saturated rings. The fourth-order valence-electron chi connectivity index (χ4n) is 3.90. The third-order valence-corrected chi connectivity index (χ3v) is 6.82. The molecule has 1 unspecified atom stereocenters. The minimum atomic E-state index is -3.73. The molecule has 0 spiro atoms. The summed E-state index contributed by atoms with van der Waals surface area (Å²) in [5.74, 6) is -0.306. The first-order chi connectivity index (χ1) is 15.4. The third-order valence-electron chi connectivity index (χ3n) is 5.47. The Balaban J connectivity index is 1.44. The number of ether oxygens (including phenoxy) is 1. The summed E-state index contributed by atoms with van der Waals surface area (Å²) in [6.07, 6.45) is 5.36. The summed E-state index contributed by atoms with van der Waals surface area (Å²) in [7, 11) is -2.04. The largest absolute Gasteiger partial charge is 0.489 e. The van der Waals surface area contributed by atoms with E-state index in [1.54, 1.807) is 23.7 Å². The van der Waals surface area contributed by atoms with Gasteiger partial charge in [-0.15, -0.1) is 0 Å². The van der Waals surface area contributed by atoms with Gasteiger partial charge in [0, 0.05) is 25.8 Å². The van der Waals surface area contributed by atoms with E-state index in [4.69, 9.17) is 4.74 Å². The van der Waals surface area contributed by atoms with Gasteiger partial charge in [0.15, 0.2) is 16.6 Å². The number of aryl methyl sites for hydroxylation is 2. The van der Waals surface area contributed by atoms with E-state index in [1.165, 1.54) is 18.1 Å². The van der Waals surface area contributed by atoms with Crippen LogP contribution in [0.2, 0.25) is 0 Å². The van der Waals surface area contributed by atoms with E-state index in [-0.39, 0.29) is 30.0 Å². The molecule has 0 saturated carbocycles. The zero-order valence-corrected chi connectivity index (χ0v) is 18.7. The lowest BCUT2D eigenvalue weighted by atomic mass is 9.94. The van der Waals surface area contributed by atoms with Crippen LogP contribution < -0.4 is 14.8 Å². The average Bonchev–Trinajstić information content (AvgIpc) is 3.14. The van der Waals surface area contributed by atoms with Gasteiger partial charge in [-0.25, -0.2) is 22.5 Å². The Morgan fingerprint density at radius 3 is 2.84 bits per heavy atom. The molecule has 0 saturated heterocycles. The summed E-state index contributed by atoms with van der Waals surface area (Å²) in [4.78, 5) is 3.84. The van der Waals surface area contributed by atoms with Gasteiger partial charge in [-0.1, -0.05) is 30.3 Å². The number of aromatic nitrogens is 2. The lowest BCUT2D eigenvalue weighted by Crippen LogP contribution is -2.28. The standard InChI is InChI=1S/C23H27FN4O3S/c1-28-15-23(26-16-28)32(29,30)27-10-11-31-22-14-19-18(13-20(22)24)8-5-9-25-21(19)12-17-6-3-2-4-7-17/h2-4,6-7,13-16,21,25,27H,5,8-12H2,1H3. The number of hydrogen-bond acceptors (Lipinski definition) is 5. The Morgan fingerprint density at radius 1 is 1.28 bits per heavy atom. The first-order valence-electron chi connectivity index (χ1n) is 10.6. The number of fused-ring (bicyclic) bond motifs is 1. The molecular weight excluding hydrogens is 431 g/mol. The van der Waals surface area contributed by atoms with Crippen molar-refractivity contribution >= 4 is 10.0 Å². The highest BCUT2D eigenvalue weighted by molar-refractivity contribution is 7.89. The minimum absolute atomic E-state index is 0.00112. The molecule has 2 N–H and O–H groups in total. The summed E-state index contributed by atoms with van der Waals surface area (Å²) in [5.41, 5.74) is 3.21. The molecule has 170 valence electrons. The van der Waals surface area contributed by atoms with Crippen LogP contribution in [0.4, 0.5) is 4.39 Å². The van der Waals surface area contributed by atoms with Crippen LogP contribution in [0, 0.1) is 5.82 Å². The summed E-state index contributed by atoms with van der Waals surface area (Å²) in [5, 5.41) is 3.50. The summed E-state index contributed by atoms with van der Waals surface area (Å²) < 4.78 is 48.8. The highest BCUT2D eigenvalue weighted by Crippen LogP contribution is 2.31. The van der Waals surface area contributed by atoms with Crippen molar-refractivity contribution < 1.29 is 17.5 Å². The van der Waals surface area contributed by atoms with Crippen LogP contribution in [0.5, 0.6) is 5.75 Å². The smallest absolute Gasteiger partial charge is 0.259 e. The minimum Gasteiger partial charge on any atom is -0.489 e. The number of hydrogen-bond donors (Lipinski definition) is 2. The van der Waals surface area contributed by atoms with Crippen molar-refractivity contribution in [2.75, 3.05) is 19.7 Å². The summed E-state index contributed by atoms with van der Waals surface area (Å²) >= 11 is 0. The SMILES string of the molecule is Cn1cnc(S(=O)(=O)NCCOc2cc3c(cc2F)CCCNC3Cc2ccccc2)c1. The van der Waals surface area contributed by atoms with E-state index >= 15 is 0 Å². The van der Waals surface area contributed by atoms with Gasteiger partial charge in [0.05, 0.1) is 6.33 Å². The number of rotatable bonds is 8. The zero-order valence-electron chi connectivity index (χ0n) is 17.9. The number of nitrogens with zero attached hydrogens (tertiary/aromatic N) is 2. The van der Waals surface area contributed by atoms with Crippen LogP contribution in [0.3, 0.4) is 0 Å². The van der Waals surface area contributed by atoms with E-state index in [0.717, 1.165) is 36.9 Å². The van der Waals surface area contributed by atoms with Crippen molar-refractivity contribution in [3.63, 3.8) is 0 Å². The highest BCUT2D eigenvalue weighted by Gasteiger charge is 2.22. The number of nitrogens with one attached hydrogen (secondary N) is 2. The van der Waals surface area contributed by atoms with Crippen molar-refractivity contribution in [2.24, 2.45) is 7.05 Å². The Labute approximate surface area is 187 Å². The first-order valence-corrected chi connectivity index (χ1v) is 12.1. The van der Waals surface area contributed by atoms with Crippen LogP contribution in [-0.4, -0.2) is 37.7 Å². The molecular formula is C23H27FN4O3S. The van der Waals surface area contributed by atoms with E-state index < -0.39 is 15.8 Å². The van der Waals surface area contributed by atoms with Crippen molar-refractivity contribution in [1.29, 1.82) is 0 Å². The zero-order chi connectivity index (χ0) is 22.6. The van der Waals surface area contributed by atoms with E-state index in [1.807, 2.05) is 18.2 Å². The maximum Gasteiger partial charge on any atom is 0.259 e. The molecule has 1 atom stereocenters. The normalized spacial score (nSPS) is 16.4. The number of imidazole rings is 1. The Hall–Kier alpha value is -2.75. The van der Waals surface area contributed by atoms with Crippen LogP contribution in [0.15, 0.2) is 60.0 Å². The monoisotopic (exact) mass is 458 g/mol. The molecule has 2 heterocycles. The van der Waals surface area contributed by atoms with Gasteiger partial charge in [-0.3, -0.25) is 0 Å². The highest BCUT2D eigenvalue weighted by atomic mass is 32.2. The quantitative estimate of drug-likeness (QED) is 0.507. The van der Waals surface area contributed by atoms with Crippen molar-refractivity contribution in [1.82, 2.24) is 19.6 Å². The van der Waals surface area contributed by atoms with Gasteiger partial charge in [0.1, 0.15) is 6.61 Å². The Kier molecular flexibility index (Phi) is 6.88. The molecule has 4 rings (SSSR count). The molecule has 2 aromatic carbocycles. The molecule has 0 bridgehead atoms. The second kappa shape index (κ2) is 9.81. The summed E-state index contributed by atoms with van der Waals surface area (Å²) in [6.45, 7) is 0.860. The molecule has 9 heteroatoms. The van der Waals surface area contributed by atoms with E-state index in [2.05, 4.69) is 27.2 Å². The number of halogens is 1. The molecule has 0 amide bonds. The maximum atomic E-state index is 14.7. The first kappa shape index (κ1) is 22.4. The average molecular weight is 459 g/mol. The third kappa shape index (κ3) is 5.35. The molecule has 0 radical (unpaired) electrons. The van der Waals surface area contributed by atoms with Crippen molar-refractivity contribution in [2.45, 2.75) is 30.3 Å². The molecule has 1 aliphatic heterocycles. The van der Waals surface area contributed by atoms with Crippen LogP contribution in [0.1, 0.15) is 29.2 Å². The molecule has 7 nitrogen and oxygen atoms in total. The van der Waals surface area contributed by atoms with Gasteiger partial charge in [0.2, 0.25) is 0 Å². The van der Waals surface area contributed by atoms with Gasteiger partial charge < -0.3 is 14.6 Å². The molecule has 32 heavy (non-hydrogen) atoms. The topological polar surface area (TPSA) is 85.2 Å². The predicted octanol–water partition coefficient (Wildman–Crippen LogP) is 2.74. The van der Waals surface area contributed by atoms with E-state index in [9.17, 15) is 12.8 Å². The van der Waals surface area contributed by atoms with Crippen LogP contribution in [0.25, 0.3) is 0 Å². The lowest BCUT2D eigenvalue weighted by molar-refractivity contribution is 0.305. The fourth-order valence-corrected chi connectivity index (χ4v) is 4.89. The van der Waals surface area contributed by atoms with Crippen LogP contribution >= 0.6 is 0 Å². The predicted molar refractivity (Wildman–Crippen MR) is 120 cm³/mol. The van der Waals surface area contributed by atoms with E-state index in [0.29, 0.717) is 0 Å². The molecule has 1 aliphatic rings. The number of sulfonamides is 1. The summed E-state index contributed by atoms with van der Waals surface area (Å²) in [6, 6.07) is 13.5. The van der Waals surface area contributed by atoms with Gasteiger partial charge in [-0.05, 0) is 54.6 Å². The molecule has 0 aliphatic carbocycles.